The average Bonchev–Trinajstić information content (AvgIpc) is 3.30. The van der Waals surface area contributed by atoms with E-state index in [0.717, 1.165) is 47.8 Å². The summed E-state index contributed by atoms with van der Waals surface area (Å²) < 4.78 is 2.06. The van der Waals surface area contributed by atoms with Gasteiger partial charge in [-0.05, 0) is 47.6 Å². The minimum atomic E-state index is -0.394. The molecule has 6 nitrogen and oxygen atoms in total. The predicted molar refractivity (Wildman–Crippen MR) is 140 cm³/mol. The number of aliphatic hydroxyl groups is 2. The van der Waals surface area contributed by atoms with Crippen LogP contribution in [-0.2, 0) is 17.9 Å². The maximum absolute atomic E-state index is 13.3. The standard InChI is InChI=1S/C30H33N3O3/c34-19-27(23-8-2-1-3-9-23)32-30(36)25-11-5-4-10-24(25)22-16-14-21(15-17-22)18-33-28-13-7-6-12-26(28)31-29(33)20-35/h1-3,6-9,12-17,24-25,27,34-35H,4-5,10-11,18-20H2,(H,32,36). The molecular formula is C30H33N3O3. The van der Waals surface area contributed by atoms with E-state index in [1.54, 1.807) is 0 Å². The van der Waals surface area contributed by atoms with Crippen LogP contribution in [0.2, 0.25) is 0 Å². The summed E-state index contributed by atoms with van der Waals surface area (Å²) in [6, 6.07) is 25.7. The van der Waals surface area contributed by atoms with Gasteiger partial charge in [-0.15, -0.1) is 0 Å². The van der Waals surface area contributed by atoms with E-state index in [1.165, 1.54) is 5.56 Å². The van der Waals surface area contributed by atoms with E-state index in [1.807, 2.05) is 54.6 Å². The molecule has 0 radical (unpaired) electrons. The van der Waals surface area contributed by atoms with Crippen LogP contribution in [-0.4, -0.2) is 32.3 Å². The second-order valence-corrected chi connectivity index (χ2v) is 9.65. The van der Waals surface area contributed by atoms with Gasteiger partial charge in [0.05, 0.1) is 23.7 Å². The summed E-state index contributed by atoms with van der Waals surface area (Å²) >= 11 is 0. The number of para-hydroxylation sites is 2. The quantitative estimate of drug-likeness (QED) is 0.339. The maximum atomic E-state index is 13.3. The number of nitrogens with zero attached hydrogens (tertiary/aromatic N) is 2. The van der Waals surface area contributed by atoms with E-state index in [0.29, 0.717) is 12.4 Å². The summed E-state index contributed by atoms with van der Waals surface area (Å²) in [7, 11) is 0. The van der Waals surface area contributed by atoms with Crippen LogP contribution in [0.25, 0.3) is 11.0 Å². The fraction of sp³-hybridized carbons (Fsp3) is 0.333. The highest BCUT2D eigenvalue weighted by Crippen LogP contribution is 2.38. The van der Waals surface area contributed by atoms with Crippen molar-refractivity contribution in [3.8, 4) is 0 Å². The molecule has 3 N–H and O–H groups in total. The van der Waals surface area contributed by atoms with Crippen molar-refractivity contribution in [2.24, 2.45) is 5.92 Å². The normalized spacial score (nSPS) is 18.7. The van der Waals surface area contributed by atoms with Gasteiger partial charge in [0.1, 0.15) is 12.4 Å². The van der Waals surface area contributed by atoms with E-state index in [9.17, 15) is 15.0 Å². The number of fused-ring (bicyclic) bond motifs is 1. The van der Waals surface area contributed by atoms with Crippen molar-refractivity contribution in [1.29, 1.82) is 0 Å². The van der Waals surface area contributed by atoms with Gasteiger partial charge in [0.2, 0.25) is 5.91 Å². The van der Waals surface area contributed by atoms with Gasteiger partial charge in [0.25, 0.3) is 0 Å². The van der Waals surface area contributed by atoms with Crippen molar-refractivity contribution in [3.05, 3.63) is 101 Å². The Morgan fingerprint density at radius 2 is 1.67 bits per heavy atom. The number of aromatic nitrogens is 2. The number of hydrogen-bond acceptors (Lipinski definition) is 4. The van der Waals surface area contributed by atoms with Gasteiger partial charge in [-0.25, -0.2) is 4.98 Å². The molecule has 3 atom stereocenters. The molecule has 0 aliphatic heterocycles. The molecule has 36 heavy (non-hydrogen) atoms. The Morgan fingerprint density at radius 1 is 0.944 bits per heavy atom. The molecule has 1 saturated carbocycles. The topological polar surface area (TPSA) is 87.4 Å². The van der Waals surface area contributed by atoms with Crippen LogP contribution in [0.15, 0.2) is 78.9 Å². The number of rotatable bonds is 8. The zero-order chi connectivity index (χ0) is 24.9. The third kappa shape index (κ3) is 5.06. The lowest BCUT2D eigenvalue weighted by Gasteiger charge is -2.32. The van der Waals surface area contributed by atoms with Crippen LogP contribution in [0.1, 0.15) is 60.2 Å². The van der Waals surface area contributed by atoms with Gasteiger partial charge in [0, 0.05) is 12.5 Å². The highest BCUT2D eigenvalue weighted by Gasteiger charge is 2.33. The van der Waals surface area contributed by atoms with Crippen molar-refractivity contribution >= 4 is 16.9 Å². The van der Waals surface area contributed by atoms with E-state index < -0.39 is 6.04 Å². The van der Waals surface area contributed by atoms with Gasteiger partial charge < -0.3 is 20.1 Å². The number of carbonyl (C=O) groups excluding carboxylic acids is 1. The Hall–Kier alpha value is -3.48. The molecule has 0 spiro atoms. The summed E-state index contributed by atoms with van der Waals surface area (Å²) in [5, 5.41) is 22.8. The van der Waals surface area contributed by atoms with Crippen LogP contribution in [0.4, 0.5) is 0 Å². The van der Waals surface area contributed by atoms with Crippen molar-refractivity contribution in [3.63, 3.8) is 0 Å². The first-order valence-corrected chi connectivity index (χ1v) is 12.8. The van der Waals surface area contributed by atoms with Gasteiger partial charge in [-0.3, -0.25) is 4.79 Å². The Balaban J connectivity index is 1.32. The fourth-order valence-electron chi connectivity index (χ4n) is 5.52. The lowest BCUT2D eigenvalue weighted by molar-refractivity contribution is -0.127. The number of imidazole rings is 1. The summed E-state index contributed by atoms with van der Waals surface area (Å²) in [6.07, 6.45) is 3.98. The molecule has 3 aromatic carbocycles. The molecule has 1 aliphatic rings. The first-order chi connectivity index (χ1) is 17.7. The zero-order valence-corrected chi connectivity index (χ0v) is 20.4. The molecule has 1 amide bonds. The largest absolute Gasteiger partial charge is 0.394 e. The SMILES string of the molecule is O=C(NC(CO)c1ccccc1)C1CCCCC1c1ccc(Cn2c(CO)nc3ccccc32)cc1. The molecule has 6 heteroatoms. The Morgan fingerprint density at radius 3 is 2.42 bits per heavy atom. The lowest BCUT2D eigenvalue weighted by Crippen LogP contribution is -2.39. The fourth-order valence-corrected chi connectivity index (χ4v) is 5.52. The molecule has 1 fully saturated rings. The van der Waals surface area contributed by atoms with Crippen LogP contribution >= 0.6 is 0 Å². The van der Waals surface area contributed by atoms with E-state index in [2.05, 4.69) is 39.1 Å². The second kappa shape index (κ2) is 11.1. The highest BCUT2D eigenvalue weighted by molar-refractivity contribution is 5.80. The molecule has 0 saturated heterocycles. The van der Waals surface area contributed by atoms with Crippen LogP contribution < -0.4 is 5.32 Å². The first-order valence-electron chi connectivity index (χ1n) is 12.8. The molecular weight excluding hydrogens is 450 g/mol. The van der Waals surface area contributed by atoms with Crippen LogP contribution in [0, 0.1) is 5.92 Å². The Labute approximate surface area is 211 Å². The monoisotopic (exact) mass is 483 g/mol. The molecule has 186 valence electrons. The summed E-state index contributed by atoms with van der Waals surface area (Å²) in [5.74, 6) is 0.719. The number of benzene rings is 3. The average molecular weight is 484 g/mol. The predicted octanol–water partition coefficient (Wildman–Crippen LogP) is 4.70. The van der Waals surface area contributed by atoms with Gasteiger partial charge in [-0.2, -0.15) is 0 Å². The lowest BCUT2D eigenvalue weighted by atomic mass is 9.74. The minimum Gasteiger partial charge on any atom is -0.394 e. The van der Waals surface area contributed by atoms with Crippen LogP contribution in [0.5, 0.6) is 0 Å². The molecule has 1 aliphatic carbocycles. The molecule has 1 aromatic heterocycles. The minimum absolute atomic E-state index is 0.0177. The zero-order valence-electron chi connectivity index (χ0n) is 20.4. The summed E-state index contributed by atoms with van der Waals surface area (Å²) in [5.41, 5.74) is 5.10. The summed E-state index contributed by atoms with van der Waals surface area (Å²) in [6.45, 7) is 0.393. The Bertz CT molecular complexity index is 1300. The number of amides is 1. The van der Waals surface area contributed by atoms with E-state index >= 15 is 0 Å². The van der Waals surface area contributed by atoms with Gasteiger partial charge >= 0.3 is 0 Å². The molecule has 0 bridgehead atoms. The molecule has 5 rings (SSSR count). The third-order valence-electron chi connectivity index (χ3n) is 7.43. The number of hydrogen-bond donors (Lipinski definition) is 3. The molecule has 1 heterocycles. The van der Waals surface area contributed by atoms with Gasteiger partial charge in [-0.1, -0.05) is 79.6 Å². The Kier molecular flexibility index (Phi) is 7.44. The van der Waals surface area contributed by atoms with Crippen LogP contribution in [0.3, 0.4) is 0 Å². The van der Waals surface area contributed by atoms with Crippen molar-refractivity contribution < 1.29 is 15.0 Å². The smallest absolute Gasteiger partial charge is 0.224 e. The summed E-state index contributed by atoms with van der Waals surface area (Å²) in [4.78, 5) is 17.9. The van der Waals surface area contributed by atoms with Crippen molar-refractivity contribution in [2.75, 3.05) is 6.61 Å². The number of nitrogens with one attached hydrogen (secondary N) is 1. The molecule has 4 aromatic rings. The van der Waals surface area contributed by atoms with Crippen molar-refractivity contribution in [2.45, 2.75) is 50.8 Å². The molecule has 3 unspecified atom stereocenters. The highest BCUT2D eigenvalue weighted by atomic mass is 16.3. The van der Waals surface area contributed by atoms with Gasteiger partial charge in [0.15, 0.2) is 0 Å². The van der Waals surface area contributed by atoms with E-state index in [4.69, 9.17) is 0 Å². The number of aliphatic hydroxyl groups excluding tert-OH is 2. The number of carbonyl (C=O) groups is 1. The maximum Gasteiger partial charge on any atom is 0.224 e. The first kappa shape index (κ1) is 24.2. The van der Waals surface area contributed by atoms with Crippen molar-refractivity contribution in [1.82, 2.24) is 14.9 Å². The third-order valence-corrected chi connectivity index (χ3v) is 7.43. The van der Waals surface area contributed by atoms with E-state index in [-0.39, 0.29) is 31.0 Å². The second-order valence-electron chi connectivity index (χ2n) is 9.65.